The monoisotopic (exact) mass is 320 g/mol. The molecule has 0 saturated heterocycles. The molecule has 2 rings (SSSR count). The van der Waals surface area contributed by atoms with Gasteiger partial charge in [-0.1, -0.05) is 6.07 Å². The van der Waals surface area contributed by atoms with E-state index in [0.717, 1.165) is 5.75 Å². The second-order valence-corrected chi connectivity index (χ2v) is 4.68. The molecule has 1 amide bonds. The van der Waals surface area contributed by atoms with E-state index in [1.54, 1.807) is 49.6 Å². The van der Waals surface area contributed by atoms with Gasteiger partial charge in [-0.3, -0.25) is 4.79 Å². The van der Waals surface area contributed by atoms with Crippen LogP contribution in [0.5, 0.6) is 5.75 Å². The van der Waals surface area contributed by atoms with E-state index in [0.29, 0.717) is 21.4 Å². The van der Waals surface area contributed by atoms with Crippen LogP contribution in [-0.4, -0.2) is 13.0 Å². The van der Waals surface area contributed by atoms with E-state index in [1.807, 2.05) is 0 Å². The fourth-order valence-electron chi connectivity index (χ4n) is 1.60. The predicted molar refractivity (Wildman–Crippen MR) is 79.5 cm³/mol. The van der Waals surface area contributed by atoms with Crippen molar-refractivity contribution in [3.8, 4) is 5.75 Å². The lowest BCUT2D eigenvalue weighted by Crippen LogP contribution is -2.13. The van der Waals surface area contributed by atoms with Crippen LogP contribution >= 0.6 is 15.9 Å². The molecule has 0 bridgehead atoms. The minimum Gasteiger partial charge on any atom is -0.497 e. The maximum Gasteiger partial charge on any atom is 0.256 e. The molecule has 0 fully saturated rings. The fraction of sp³-hybridized carbons (Fsp3) is 0.0714. The van der Waals surface area contributed by atoms with Crippen LogP contribution < -0.4 is 15.8 Å². The van der Waals surface area contributed by atoms with Gasteiger partial charge in [-0.05, 0) is 52.3 Å². The average Bonchev–Trinajstić information content (AvgIpc) is 2.42. The first-order chi connectivity index (χ1) is 9.11. The minimum absolute atomic E-state index is 0.218. The summed E-state index contributed by atoms with van der Waals surface area (Å²) in [5.41, 5.74) is 7.47. The molecular formula is C14H13BrN2O2. The molecule has 0 radical (unpaired) electrons. The van der Waals surface area contributed by atoms with Crippen molar-refractivity contribution in [1.29, 1.82) is 0 Å². The Morgan fingerprint density at radius 3 is 2.53 bits per heavy atom. The Bertz CT molecular complexity index is 597. The Balaban J connectivity index is 2.18. The molecule has 98 valence electrons. The van der Waals surface area contributed by atoms with Crippen molar-refractivity contribution in [2.24, 2.45) is 0 Å². The third-order valence-corrected chi connectivity index (χ3v) is 3.51. The molecular weight excluding hydrogens is 308 g/mol. The van der Waals surface area contributed by atoms with Crippen molar-refractivity contribution in [2.75, 3.05) is 18.2 Å². The number of halogens is 1. The van der Waals surface area contributed by atoms with Gasteiger partial charge in [0.05, 0.1) is 17.1 Å². The molecule has 0 spiro atoms. The Morgan fingerprint density at radius 1 is 1.21 bits per heavy atom. The number of carbonyl (C=O) groups is 1. The summed E-state index contributed by atoms with van der Waals surface area (Å²) < 4.78 is 5.66. The Kier molecular flexibility index (Phi) is 4.06. The van der Waals surface area contributed by atoms with Gasteiger partial charge >= 0.3 is 0 Å². The van der Waals surface area contributed by atoms with Crippen LogP contribution in [0.25, 0.3) is 0 Å². The number of nitrogen functional groups attached to an aromatic ring is 1. The van der Waals surface area contributed by atoms with Crippen LogP contribution in [0.4, 0.5) is 11.4 Å². The van der Waals surface area contributed by atoms with Gasteiger partial charge in [0, 0.05) is 11.4 Å². The number of nitrogens with two attached hydrogens (primary N) is 1. The third kappa shape index (κ3) is 3.06. The Hall–Kier alpha value is -2.01. The number of rotatable bonds is 3. The van der Waals surface area contributed by atoms with E-state index in [-0.39, 0.29) is 5.91 Å². The Labute approximate surface area is 119 Å². The lowest BCUT2D eigenvalue weighted by atomic mass is 10.2. The third-order valence-electron chi connectivity index (χ3n) is 2.62. The molecule has 19 heavy (non-hydrogen) atoms. The average molecular weight is 321 g/mol. The number of carbonyl (C=O) groups excluding carboxylic acids is 1. The highest BCUT2D eigenvalue weighted by Crippen LogP contribution is 2.25. The largest absolute Gasteiger partial charge is 0.497 e. The van der Waals surface area contributed by atoms with E-state index in [2.05, 4.69) is 21.2 Å². The smallest absolute Gasteiger partial charge is 0.256 e. The summed E-state index contributed by atoms with van der Waals surface area (Å²) in [6.45, 7) is 0. The number of anilines is 2. The quantitative estimate of drug-likeness (QED) is 0.853. The van der Waals surface area contributed by atoms with Gasteiger partial charge in [-0.25, -0.2) is 0 Å². The lowest BCUT2D eigenvalue weighted by molar-refractivity contribution is 0.102. The number of amides is 1. The molecule has 0 saturated carbocycles. The minimum atomic E-state index is -0.218. The SMILES string of the molecule is COc1ccc(NC(=O)c2cccc(N)c2Br)cc1. The second kappa shape index (κ2) is 5.75. The molecule has 0 aliphatic rings. The number of ether oxygens (including phenoxy) is 1. The van der Waals surface area contributed by atoms with Gasteiger partial charge in [0.2, 0.25) is 0 Å². The van der Waals surface area contributed by atoms with Crippen molar-refractivity contribution in [3.05, 3.63) is 52.5 Å². The van der Waals surface area contributed by atoms with E-state index in [1.165, 1.54) is 0 Å². The van der Waals surface area contributed by atoms with Crippen molar-refractivity contribution < 1.29 is 9.53 Å². The van der Waals surface area contributed by atoms with E-state index in [4.69, 9.17) is 10.5 Å². The number of nitrogens with one attached hydrogen (secondary N) is 1. The molecule has 0 atom stereocenters. The number of hydrogen-bond donors (Lipinski definition) is 2. The standard InChI is InChI=1S/C14H13BrN2O2/c1-19-10-7-5-9(6-8-10)17-14(18)11-3-2-4-12(16)13(11)15/h2-8H,16H2,1H3,(H,17,18). The number of hydrogen-bond acceptors (Lipinski definition) is 3. The van der Waals surface area contributed by atoms with Crippen molar-refractivity contribution >= 4 is 33.2 Å². The molecule has 3 N–H and O–H groups in total. The normalized spacial score (nSPS) is 10.0. The first-order valence-electron chi connectivity index (χ1n) is 5.61. The molecule has 0 unspecified atom stereocenters. The van der Waals surface area contributed by atoms with E-state index >= 15 is 0 Å². The van der Waals surface area contributed by atoms with Gasteiger partial charge in [-0.2, -0.15) is 0 Å². The van der Waals surface area contributed by atoms with Crippen molar-refractivity contribution in [1.82, 2.24) is 0 Å². The molecule has 0 heterocycles. The second-order valence-electron chi connectivity index (χ2n) is 3.89. The molecule has 0 aliphatic carbocycles. The van der Waals surface area contributed by atoms with Crippen LogP contribution in [0.15, 0.2) is 46.9 Å². The predicted octanol–water partition coefficient (Wildman–Crippen LogP) is 3.29. The molecule has 0 aromatic heterocycles. The van der Waals surface area contributed by atoms with Crippen LogP contribution in [0.2, 0.25) is 0 Å². The van der Waals surface area contributed by atoms with Crippen molar-refractivity contribution in [3.63, 3.8) is 0 Å². The van der Waals surface area contributed by atoms with Crippen LogP contribution in [-0.2, 0) is 0 Å². The van der Waals surface area contributed by atoms with Gasteiger partial charge in [-0.15, -0.1) is 0 Å². The fourth-order valence-corrected chi connectivity index (χ4v) is 2.04. The highest BCUT2D eigenvalue weighted by Gasteiger charge is 2.11. The van der Waals surface area contributed by atoms with Gasteiger partial charge in [0.1, 0.15) is 5.75 Å². The molecule has 2 aromatic carbocycles. The van der Waals surface area contributed by atoms with Gasteiger partial charge in [0.15, 0.2) is 0 Å². The van der Waals surface area contributed by atoms with Crippen LogP contribution in [0.3, 0.4) is 0 Å². The number of benzene rings is 2. The molecule has 0 aliphatic heterocycles. The number of methoxy groups -OCH3 is 1. The summed E-state index contributed by atoms with van der Waals surface area (Å²) >= 11 is 3.31. The highest BCUT2D eigenvalue weighted by atomic mass is 79.9. The van der Waals surface area contributed by atoms with E-state index < -0.39 is 0 Å². The lowest BCUT2D eigenvalue weighted by Gasteiger charge is -2.08. The Morgan fingerprint density at radius 2 is 1.89 bits per heavy atom. The summed E-state index contributed by atoms with van der Waals surface area (Å²) in [5, 5.41) is 2.80. The first-order valence-corrected chi connectivity index (χ1v) is 6.40. The van der Waals surface area contributed by atoms with Crippen LogP contribution in [0, 0.1) is 0 Å². The summed E-state index contributed by atoms with van der Waals surface area (Å²) in [5.74, 6) is 0.521. The highest BCUT2D eigenvalue weighted by molar-refractivity contribution is 9.10. The van der Waals surface area contributed by atoms with Gasteiger partial charge in [0.25, 0.3) is 5.91 Å². The summed E-state index contributed by atoms with van der Waals surface area (Å²) in [6, 6.07) is 12.3. The maximum atomic E-state index is 12.1. The molecule has 5 heteroatoms. The van der Waals surface area contributed by atoms with Gasteiger partial charge < -0.3 is 15.8 Å². The topological polar surface area (TPSA) is 64.3 Å². The maximum absolute atomic E-state index is 12.1. The molecule has 2 aromatic rings. The zero-order valence-corrected chi connectivity index (χ0v) is 11.9. The van der Waals surface area contributed by atoms with E-state index in [9.17, 15) is 4.79 Å². The van der Waals surface area contributed by atoms with Crippen molar-refractivity contribution in [2.45, 2.75) is 0 Å². The van der Waals surface area contributed by atoms with Crippen LogP contribution in [0.1, 0.15) is 10.4 Å². The zero-order chi connectivity index (χ0) is 13.8. The summed E-state index contributed by atoms with van der Waals surface area (Å²) in [4.78, 5) is 12.1. The first kappa shape index (κ1) is 13.4. The summed E-state index contributed by atoms with van der Waals surface area (Å²) in [7, 11) is 1.59. The zero-order valence-electron chi connectivity index (χ0n) is 10.3. The molecule has 4 nitrogen and oxygen atoms in total. The summed E-state index contributed by atoms with van der Waals surface area (Å²) in [6.07, 6.45) is 0.